The number of nitrogens with one attached hydrogen (secondary N) is 2. The highest BCUT2D eigenvalue weighted by Gasteiger charge is 2.28. The quantitative estimate of drug-likeness (QED) is 0.862. The van der Waals surface area contributed by atoms with Crippen LogP contribution in [0, 0.1) is 5.92 Å². The summed E-state index contributed by atoms with van der Waals surface area (Å²) in [5.41, 5.74) is 2.53. The lowest BCUT2D eigenvalue weighted by molar-refractivity contribution is 0.277. The summed E-state index contributed by atoms with van der Waals surface area (Å²) in [6.07, 6.45) is 3.07. The lowest BCUT2D eigenvalue weighted by Gasteiger charge is -2.32. The van der Waals surface area contributed by atoms with Crippen molar-refractivity contribution < 1.29 is 8.42 Å². The molecule has 7 heteroatoms. The molecule has 3 rings (SSSR count). The van der Waals surface area contributed by atoms with E-state index in [0.29, 0.717) is 25.6 Å². The van der Waals surface area contributed by atoms with Crippen molar-refractivity contribution >= 4 is 22.6 Å². The van der Waals surface area contributed by atoms with E-state index in [1.54, 1.807) is 4.31 Å². The summed E-state index contributed by atoms with van der Waals surface area (Å²) < 4.78 is 29.3. The summed E-state index contributed by atoms with van der Waals surface area (Å²) in [6, 6.07) is 8.33. The zero-order chi connectivity index (χ0) is 15.6. The lowest BCUT2D eigenvalue weighted by atomic mass is 9.95. The molecule has 2 unspecified atom stereocenters. The van der Waals surface area contributed by atoms with Gasteiger partial charge in [0, 0.05) is 25.7 Å². The first-order chi connectivity index (χ1) is 10.6. The zero-order valence-corrected chi connectivity index (χ0v) is 15.1. The van der Waals surface area contributed by atoms with Crippen LogP contribution in [0.1, 0.15) is 36.9 Å². The van der Waals surface area contributed by atoms with Gasteiger partial charge >= 0.3 is 0 Å². The molecule has 0 radical (unpaired) electrons. The third-order valence-electron chi connectivity index (χ3n) is 4.65. The monoisotopic (exact) mass is 359 g/mol. The highest BCUT2D eigenvalue weighted by atomic mass is 35.5. The number of halogens is 1. The Hall–Kier alpha value is -0.660. The van der Waals surface area contributed by atoms with Crippen molar-refractivity contribution in [1.82, 2.24) is 14.3 Å². The van der Waals surface area contributed by atoms with Crippen LogP contribution in [0.25, 0.3) is 0 Å². The Kier molecular flexibility index (Phi) is 6.45. The Morgan fingerprint density at radius 1 is 1.35 bits per heavy atom. The van der Waals surface area contributed by atoms with E-state index in [1.165, 1.54) is 11.1 Å². The van der Waals surface area contributed by atoms with Crippen molar-refractivity contribution in [3.05, 3.63) is 35.4 Å². The number of nitrogens with zero attached hydrogens (tertiary/aromatic N) is 1. The Morgan fingerprint density at radius 2 is 2.13 bits per heavy atom. The average Bonchev–Trinajstić information content (AvgIpc) is 2.53. The molecule has 0 spiro atoms. The maximum atomic E-state index is 12.5. The first-order valence-corrected chi connectivity index (χ1v) is 9.56. The normalized spacial score (nSPS) is 25.4. The molecule has 2 aliphatic heterocycles. The number of fused-ring (bicyclic) bond motifs is 1. The summed E-state index contributed by atoms with van der Waals surface area (Å²) in [5, 5.41) is 3.41. The molecule has 0 aliphatic carbocycles. The summed E-state index contributed by atoms with van der Waals surface area (Å²) in [4.78, 5) is 0. The molecular formula is C16H26ClN3O2S. The van der Waals surface area contributed by atoms with E-state index < -0.39 is 10.2 Å². The number of benzene rings is 1. The predicted octanol–water partition coefficient (Wildman–Crippen LogP) is 1.86. The SMILES string of the molecule is CC1CCCN(S(=O)(=O)NCC2NCCc3ccccc32)C1.Cl. The second-order valence-corrected chi connectivity index (χ2v) is 8.17. The van der Waals surface area contributed by atoms with E-state index in [9.17, 15) is 8.42 Å². The molecule has 2 atom stereocenters. The van der Waals surface area contributed by atoms with Gasteiger partial charge in [0.2, 0.25) is 0 Å². The number of hydrogen-bond acceptors (Lipinski definition) is 3. The molecule has 2 aliphatic rings. The van der Waals surface area contributed by atoms with Gasteiger partial charge in [-0.2, -0.15) is 12.7 Å². The molecule has 1 aromatic rings. The Labute approximate surface area is 145 Å². The molecule has 1 fully saturated rings. The third kappa shape index (κ3) is 4.45. The third-order valence-corrected chi connectivity index (χ3v) is 6.19. The molecule has 23 heavy (non-hydrogen) atoms. The average molecular weight is 360 g/mol. The second kappa shape index (κ2) is 7.94. The van der Waals surface area contributed by atoms with E-state index in [0.717, 1.165) is 25.8 Å². The first-order valence-electron chi connectivity index (χ1n) is 8.12. The van der Waals surface area contributed by atoms with Crippen LogP contribution in [0.5, 0.6) is 0 Å². The maximum Gasteiger partial charge on any atom is 0.279 e. The zero-order valence-electron chi connectivity index (χ0n) is 13.5. The van der Waals surface area contributed by atoms with Gasteiger partial charge in [-0.3, -0.25) is 0 Å². The van der Waals surface area contributed by atoms with Crippen molar-refractivity contribution in [2.45, 2.75) is 32.2 Å². The van der Waals surface area contributed by atoms with E-state index in [1.807, 2.05) is 12.1 Å². The molecule has 130 valence electrons. The second-order valence-electron chi connectivity index (χ2n) is 6.41. The van der Waals surface area contributed by atoms with Crippen molar-refractivity contribution in [1.29, 1.82) is 0 Å². The van der Waals surface area contributed by atoms with Gasteiger partial charge in [-0.15, -0.1) is 12.4 Å². The molecule has 1 saturated heterocycles. The predicted molar refractivity (Wildman–Crippen MR) is 95.0 cm³/mol. The van der Waals surface area contributed by atoms with Crippen molar-refractivity contribution in [3.63, 3.8) is 0 Å². The molecule has 0 aromatic heterocycles. The van der Waals surface area contributed by atoms with Gasteiger partial charge in [0.15, 0.2) is 0 Å². The summed E-state index contributed by atoms with van der Waals surface area (Å²) in [7, 11) is -3.37. The number of rotatable bonds is 4. The van der Waals surface area contributed by atoms with E-state index in [2.05, 4.69) is 29.1 Å². The van der Waals surface area contributed by atoms with Crippen LogP contribution in [0.15, 0.2) is 24.3 Å². The largest absolute Gasteiger partial charge is 0.308 e. The van der Waals surface area contributed by atoms with Gasteiger partial charge in [-0.1, -0.05) is 31.2 Å². The summed E-state index contributed by atoms with van der Waals surface area (Å²) in [6.45, 7) is 4.67. The van der Waals surface area contributed by atoms with E-state index in [-0.39, 0.29) is 18.4 Å². The van der Waals surface area contributed by atoms with Crippen LogP contribution < -0.4 is 10.0 Å². The smallest absolute Gasteiger partial charge is 0.279 e. The van der Waals surface area contributed by atoms with Gasteiger partial charge in [0.1, 0.15) is 0 Å². The minimum atomic E-state index is -3.37. The first kappa shape index (κ1) is 18.7. The molecule has 2 N–H and O–H groups in total. The highest BCUT2D eigenvalue weighted by Crippen LogP contribution is 2.23. The molecular weight excluding hydrogens is 334 g/mol. The molecule has 1 aromatic carbocycles. The van der Waals surface area contributed by atoms with Crippen LogP contribution in [0.3, 0.4) is 0 Å². The fourth-order valence-electron chi connectivity index (χ4n) is 3.42. The topological polar surface area (TPSA) is 61.4 Å². The molecule has 0 bridgehead atoms. The standard InChI is InChI=1S/C16H25N3O2S.ClH/c1-13-5-4-10-19(12-13)22(20,21)18-11-16-15-7-3-2-6-14(15)8-9-17-16;/h2-3,6-7,13,16-18H,4-5,8-12H2,1H3;1H. The summed E-state index contributed by atoms with van der Waals surface area (Å²) >= 11 is 0. The fraction of sp³-hybridized carbons (Fsp3) is 0.625. The van der Waals surface area contributed by atoms with Gasteiger partial charge in [-0.05, 0) is 42.9 Å². The summed E-state index contributed by atoms with van der Waals surface area (Å²) in [5.74, 6) is 0.443. The fourth-order valence-corrected chi connectivity index (χ4v) is 4.80. The number of hydrogen-bond donors (Lipinski definition) is 2. The minimum Gasteiger partial charge on any atom is -0.308 e. The Morgan fingerprint density at radius 3 is 2.91 bits per heavy atom. The van der Waals surface area contributed by atoms with Crippen molar-refractivity contribution in [2.24, 2.45) is 5.92 Å². The molecule has 0 saturated carbocycles. The van der Waals surface area contributed by atoms with Crippen molar-refractivity contribution in [3.8, 4) is 0 Å². The van der Waals surface area contributed by atoms with Crippen LogP contribution in [-0.2, 0) is 16.6 Å². The van der Waals surface area contributed by atoms with Crippen LogP contribution in [0.2, 0.25) is 0 Å². The molecule has 0 amide bonds. The van der Waals surface area contributed by atoms with Gasteiger partial charge < -0.3 is 5.32 Å². The number of piperidine rings is 1. The minimum absolute atomic E-state index is 0. The van der Waals surface area contributed by atoms with Gasteiger partial charge in [0.05, 0.1) is 0 Å². The van der Waals surface area contributed by atoms with Gasteiger partial charge in [-0.25, -0.2) is 4.72 Å². The van der Waals surface area contributed by atoms with Crippen LogP contribution in [-0.4, -0.2) is 38.9 Å². The van der Waals surface area contributed by atoms with E-state index in [4.69, 9.17) is 0 Å². The molecule has 5 nitrogen and oxygen atoms in total. The molecule has 2 heterocycles. The van der Waals surface area contributed by atoms with E-state index >= 15 is 0 Å². The Bertz CT molecular complexity index is 624. The van der Waals surface area contributed by atoms with Crippen molar-refractivity contribution in [2.75, 3.05) is 26.2 Å². The Balaban J connectivity index is 0.00000192. The lowest BCUT2D eigenvalue weighted by Crippen LogP contribution is -2.48. The van der Waals surface area contributed by atoms with Crippen LogP contribution in [0.4, 0.5) is 0 Å². The van der Waals surface area contributed by atoms with Crippen LogP contribution >= 0.6 is 12.4 Å². The van der Waals surface area contributed by atoms with Gasteiger partial charge in [0.25, 0.3) is 10.2 Å². The maximum absolute atomic E-state index is 12.5. The highest BCUT2D eigenvalue weighted by molar-refractivity contribution is 7.87.